The minimum Gasteiger partial charge on any atom is -0.318 e. The highest BCUT2D eigenvalue weighted by Gasteiger charge is 2.30. The number of amides is 1. The van der Waals surface area contributed by atoms with Crippen molar-refractivity contribution >= 4 is 28.9 Å². The summed E-state index contributed by atoms with van der Waals surface area (Å²) in [6.45, 7) is 8.59. The molecule has 26 heavy (non-hydrogen) atoms. The van der Waals surface area contributed by atoms with Crippen LogP contribution in [-0.4, -0.2) is 34.6 Å². The summed E-state index contributed by atoms with van der Waals surface area (Å²) in [6, 6.07) is 10.8. The average Bonchev–Trinajstić information content (AvgIpc) is 3.05. The lowest BCUT2D eigenvalue weighted by molar-refractivity contribution is -0.121. The summed E-state index contributed by atoms with van der Waals surface area (Å²) in [5, 5.41) is 0.735. The number of carbonyl (C=O) groups excluding carboxylic acids is 1. The van der Waals surface area contributed by atoms with Crippen LogP contribution in [-0.2, 0) is 4.79 Å². The molecule has 0 aliphatic carbocycles. The predicted octanol–water partition coefficient (Wildman–Crippen LogP) is 4.75. The predicted molar refractivity (Wildman–Crippen MR) is 111 cm³/mol. The van der Waals surface area contributed by atoms with Crippen LogP contribution in [0.1, 0.15) is 42.3 Å². The van der Waals surface area contributed by atoms with Gasteiger partial charge in [0.15, 0.2) is 5.17 Å². The molecule has 1 aliphatic heterocycles. The first-order chi connectivity index (χ1) is 12.3. The molecule has 1 fully saturated rings. The van der Waals surface area contributed by atoms with Gasteiger partial charge in [0.25, 0.3) is 5.91 Å². The Morgan fingerprint density at radius 2 is 1.81 bits per heavy atom. The highest BCUT2D eigenvalue weighted by molar-refractivity contribution is 8.18. The van der Waals surface area contributed by atoms with Crippen molar-refractivity contribution in [3.05, 3.63) is 57.8 Å². The summed E-state index contributed by atoms with van der Waals surface area (Å²) in [6.07, 6.45) is 1.98. The number of carbonyl (C=O) groups is 1. The van der Waals surface area contributed by atoms with Crippen LogP contribution in [0.2, 0.25) is 0 Å². The molecule has 0 radical (unpaired) electrons. The van der Waals surface area contributed by atoms with E-state index in [-0.39, 0.29) is 5.91 Å². The number of benzene rings is 1. The molecule has 2 heterocycles. The van der Waals surface area contributed by atoms with Crippen molar-refractivity contribution in [2.24, 2.45) is 4.99 Å². The maximum atomic E-state index is 12.4. The molecule has 5 heteroatoms. The van der Waals surface area contributed by atoms with Gasteiger partial charge in [-0.25, -0.2) is 0 Å². The van der Waals surface area contributed by atoms with Gasteiger partial charge in [-0.05, 0) is 66.9 Å². The van der Waals surface area contributed by atoms with Crippen LogP contribution in [0.4, 0.5) is 0 Å². The van der Waals surface area contributed by atoms with E-state index in [9.17, 15) is 4.79 Å². The summed E-state index contributed by atoms with van der Waals surface area (Å²) in [4.78, 5) is 18.9. The van der Waals surface area contributed by atoms with Crippen LogP contribution >= 0.6 is 11.8 Å². The molecule has 1 amide bonds. The first-order valence-electron chi connectivity index (χ1n) is 8.77. The fraction of sp³-hybridized carbons (Fsp3) is 0.333. The Balaban J connectivity index is 1.99. The summed E-state index contributed by atoms with van der Waals surface area (Å²) < 4.78 is 2.24. The summed E-state index contributed by atoms with van der Waals surface area (Å²) >= 11 is 1.42. The zero-order chi connectivity index (χ0) is 19.0. The van der Waals surface area contributed by atoms with E-state index in [1.807, 2.05) is 6.08 Å². The minimum atomic E-state index is 0.00156. The molecule has 1 aromatic heterocycles. The van der Waals surface area contributed by atoms with Crippen molar-refractivity contribution in [1.29, 1.82) is 0 Å². The van der Waals surface area contributed by atoms with Crippen LogP contribution in [0.25, 0.3) is 11.8 Å². The van der Waals surface area contributed by atoms with Gasteiger partial charge in [-0.3, -0.25) is 14.7 Å². The monoisotopic (exact) mass is 367 g/mol. The number of rotatable bonds is 3. The van der Waals surface area contributed by atoms with Gasteiger partial charge >= 0.3 is 0 Å². The number of nitrogens with zero attached hydrogens (tertiary/aromatic N) is 3. The van der Waals surface area contributed by atoms with Gasteiger partial charge in [-0.2, -0.15) is 0 Å². The molecule has 0 atom stereocenters. The fourth-order valence-corrected chi connectivity index (χ4v) is 4.15. The Kier molecular flexibility index (Phi) is 5.10. The van der Waals surface area contributed by atoms with Gasteiger partial charge in [0.2, 0.25) is 0 Å². The summed E-state index contributed by atoms with van der Waals surface area (Å²) in [5.74, 6) is 0.523. The number of amidine groups is 1. The van der Waals surface area contributed by atoms with Crippen LogP contribution in [0, 0.1) is 13.8 Å². The Hall–Kier alpha value is -2.27. The minimum absolute atomic E-state index is 0.00156. The molecule has 1 aromatic carbocycles. The molecule has 4 nitrogen and oxygen atoms in total. The third kappa shape index (κ3) is 3.23. The Bertz CT molecular complexity index is 904. The maximum Gasteiger partial charge on any atom is 0.266 e. The Morgan fingerprint density at radius 3 is 2.35 bits per heavy atom. The molecule has 0 N–H and O–H groups in total. The van der Waals surface area contributed by atoms with Crippen LogP contribution in [0.15, 0.2) is 40.2 Å². The number of hydrogen-bond donors (Lipinski definition) is 0. The number of hydrogen-bond acceptors (Lipinski definition) is 3. The SMILES string of the molecule is CN=C1S/C(=C/c2cc(C)n(-c3ccc(C(C)C)cc3)c2C)C(=O)N1C. The molecule has 0 spiro atoms. The van der Waals surface area contributed by atoms with Gasteiger partial charge in [0.05, 0.1) is 4.91 Å². The lowest BCUT2D eigenvalue weighted by atomic mass is 10.0. The summed E-state index contributed by atoms with van der Waals surface area (Å²) in [5.41, 5.74) is 5.83. The highest BCUT2D eigenvalue weighted by Crippen LogP contribution is 2.33. The lowest BCUT2D eigenvalue weighted by Crippen LogP contribution is -2.23. The van der Waals surface area contributed by atoms with Crippen molar-refractivity contribution in [2.45, 2.75) is 33.6 Å². The van der Waals surface area contributed by atoms with Crippen LogP contribution in [0.3, 0.4) is 0 Å². The molecule has 0 unspecified atom stereocenters. The van der Waals surface area contributed by atoms with E-state index in [1.165, 1.54) is 17.3 Å². The second kappa shape index (κ2) is 7.16. The van der Waals surface area contributed by atoms with E-state index in [1.54, 1.807) is 19.0 Å². The molecular weight excluding hydrogens is 342 g/mol. The van der Waals surface area contributed by atoms with E-state index < -0.39 is 0 Å². The molecule has 2 aromatic rings. The fourth-order valence-electron chi connectivity index (χ4n) is 3.23. The van der Waals surface area contributed by atoms with E-state index in [2.05, 4.69) is 67.6 Å². The van der Waals surface area contributed by atoms with Crippen molar-refractivity contribution in [3.63, 3.8) is 0 Å². The number of thioether (sulfide) groups is 1. The van der Waals surface area contributed by atoms with Gasteiger partial charge in [-0.1, -0.05) is 26.0 Å². The quantitative estimate of drug-likeness (QED) is 0.734. The molecule has 0 saturated carbocycles. The largest absolute Gasteiger partial charge is 0.318 e. The van der Waals surface area contributed by atoms with Gasteiger partial charge < -0.3 is 4.57 Å². The van der Waals surface area contributed by atoms with Gasteiger partial charge in [0, 0.05) is 31.2 Å². The smallest absolute Gasteiger partial charge is 0.266 e. The number of aryl methyl sites for hydroxylation is 1. The van der Waals surface area contributed by atoms with Crippen molar-refractivity contribution < 1.29 is 4.79 Å². The second-order valence-electron chi connectivity index (χ2n) is 6.89. The van der Waals surface area contributed by atoms with Crippen molar-refractivity contribution in [3.8, 4) is 5.69 Å². The topological polar surface area (TPSA) is 37.6 Å². The first kappa shape index (κ1) is 18.5. The normalized spacial score (nSPS) is 18.0. The third-order valence-corrected chi connectivity index (χ3v) is 5.92. The first-order valence-corrected chi connectivity index (χ1v) is 9.58. The molecule has 136 valence electrons. The lowest BCUT2D eigenvalue weighted by Gasteiger charge is -2.12. The Labute approximate surface area is 159 Å². The maximum absolute atomic E-state index is 12.4. The zero-order valence-corrected chi connectivity index (χ0v) is 17.0. The number of aliphatic imine (C=N–C) groups is 1. The average molecular weight is 368 g/mol. The highest BCUT2D eigenvalue weighted by atomic mass is 32.2. The molecular formula is C21H25N3OS. The number of likely N-dealkylation sites (N-methyl/N-ethyl adjacent to an activating group) is 1. The zero-order valence-electron chi connectivity index (χ0n) is 16.2. The van der Waals surface area contributed by atoms with E-state index >= 15 is 0 Å². The van der Waals surface area contributed by atoms with Gasteiger partial charge in [-0.15, -0.1) is 0 Å². The van der Waals surface area contributed by atoms with Crippen molar-refractivity contribution in [2.75, 3.05) is 14.1 Å². The third-order valence-electron chi connectivity index (χ3n) is 4.77. The Morgan fingerprint density at radius 1 is 1.15 bits per heavy atom. The second-order valence-corrected chi connectivity index (χ2v) is 7.90. The molecule has 1 aliphatic rings. The van der Waals surface area contributed by atoms with Crippen molar-refractivity contribution in [1.82, 2.24) is 9.47 Å². The molecule has 1 saturated heterocycles. The molecule has 0 bridgehead atoms. The van der Waals surface area contributed by atoms with E-state index in [0.717, 1.165) is 27.8 Å². The molecule has 3 rings (SSSR count). The standard InChI is InChI=1S/C21H25N3OS/c1-13(2)16-7-9-18(10-8-16)24-14(3)11-17(15(24)4)12-19-20(25)23(6)21(22-5)26-19/h7-13H,1-6H3/b19-12+,22-21?. The number of aromatic nitrogens is 1. The summed E-state index contributed by atoms with van der Waals surface area (Å²) in [7, 11) is 3.47. The van der Waals surface area contributed by atoms with Gasteiger partial charge in [0.1, 0.15) is 0 Å². The van der Waals surface area contributed by atoms with Crippen LogP contribution < -0.4 is 0 Å². The van der Waals surface area contributed by atoms with E-state index in [0.29, 0.717) is 10.8 Å². The van der Waals surface area contributed by atoms with E-state index in [4.69, 9.17) is 0 Å². The van der Waals surface area contributed by atoms with Crippen LogP contribution in [0.5, 0.6) is 0 Å².